The first-order chi connectivity index (χ1) is 7.90. The molecule has 0 amide bonds. The van der Waals surface area contributed by atoms with E-state index in [-0.39, 0.29) is 6.61 Å². The van der Waals surface area contributed by atoms with Gasteiger partial charge in [-0.15, -0.1) is 0 Å². The third kappa shape index (κ3) is 1.57. The summed E-state index contributed by atoms with van der Waals surface area (Å²) in [6.45, 7) is 0.212. The van der Waals surface area contributed by atoms with Gasteiger partial charge in [0.1, 0.15) is 0 Å². The molecule has 3 aliphatic rings. The van der Waals surface area contributed by atoms with Gasteiger partial charge in [-0.2, -0.15) is 0 Å². The number of hydrogen-bond donors (Lipinski definition) is 2. The Kier molecular flexibility index (Phi) is 2.70. The molecule has 2 unspecified atom stereocenters. The van der Waals surface area contributed by atoms with Crippen LogP contribution in [0.5, 0.6) is 0 Å². The molecule has 0 aromatic rings. The van der Waals surface area contributed by atoms with Crippen LogP contribution >= 0.6 is 0 Å². The van der Waals surface area contributed by atoms with Crippen LogP contribution in [0.15, 0.2) is 34.9 Å². The van der Waals surface area contributed by atoms with Crippen molar-refractivity contribution in [2.45, 2.75) is 44.2 Å². The Bertz CT molecular complexity index is 378. The molecule has 2 nitrogen and oxygen atoms in total. The summed E-state index contributed by atoms with van der Waals surface area (Å²) in [7, 11) is 0. The van der Waals surface area contributed by atoms with Gasteiger partial charge in [-0.1, -0.05) is 24.6 Å². The van der Waals surface area contributed by atoms with Crippen molar-refractivity contribution in [2.24, 2.45) is 0 Å². The van der Waals surface area contributed by atoms with Crippen LogP contribution < -0.4 is 5.32 Å². The second-order valence-corrected chi connectivity index (χ2v) is 4.97. The van der Waals surface area contributed by atoms with Crippen molar-refractivity contribution in [1.29, 1.82) is 0 Å². The highest BCUT2D eigenvalue weighted by molar-refractivity contribution is 5.48. The minimum atomic E-state index is 0.212. The number of nitrogens with one attached hydrogen (secondary N) is 1. The van der Waals surface area contributed by atoms with Gasteiger partial charge < -0.3 is 10.4 Å². The van der Waals surface area contributed by atoms with Crippen molar-refractivity contribution in [1.82, 2.24) is 5.32 Å². The summed E-state index contributed by atoms with van der Waals surface area (Å²) >= 11 is 0. The second kappa shape index (κ2) is 4.19. The molecule has 3 rings (SSSR count). The lowest BCUT2D eigenvalue weighted by molar-refractivity contribution is 0.314. The molecular formula is C14H19NO. The Balaban J connectivity index is 2.03. The molecule has 1 aliphatic heterocycles. The lowest BCUT2D eigenvalue weighted by Gasteiger charge is -2.40. The maximum Gasteiger partial charge on any atom is 0.0685 e. The first-order valence-electron chi connectivity index (χ1n) is 6.36. The Morgan fingerprint density at radius 2 is 2.25 bits per heavy atom. The normalized spacial score (nSPS) is 33.2. The van der Waals surface area contributed by atoms with Crippen LogP contribution in [0, 0.1) is 0 Å². The van der Waals surface area contributed by atoms with Gasteiger partial charge in [0.25, 0.3) is 0 Å². The van der Waals surface area contributed by atoms with Gasteiger partial charge in [-0.3, -0.25) is 0 Å². The zero-order chi connectivity index (χ0) is 11.0. The SMILES string of the molecule is OCC1=C2CCCCC2NC2CC=CC=C12. The van der Waals surface area contributed by atoms with Crippen LogP contribution in [0.4, 0.5) is 0 Å². The fraction of sp³-hybridized carbons (Fsp3) is 0.571. The Labute approximate surface area is 96.7 Å². The predicted molar refractivity (Wildman–Crippen MR) is 65.1 cm³/mol. The van der Waals surface area contributed by atoms with Crippen LogP contribution in [0.3, 0.4) is 0 Å². The van der Waals surface area contributed by atoms with Crippen molar-refractivity contribution >= 4 is 0 Å². The summed E-state index contributed by atoms with van der Waals surface area (Å²) in [6, 6.07) is 0.976. The number of aliphatic hydroxyl groups is 1. The average molecular weight is 217 g/mol. The number of hydrogen-bond acceptors (Lipinski definition) is 2. The van der Waals surface area contributed by atoms with E-state index < -0.39 is 0 Å². The third-order valence-electron chi connectivity index (χ3n) is 4.07. The first-order valence-corrected chi connectivity index (χ1v) is 6.36. The maximum absolute atomic E-state index is 9.62. The van der Waals surface area contributed by atoms with E-state index in [0.717, 1.165) is 6.42 Å². The lowest BCUT2D eigenvalue weighted by Crippen LogP contribution is -2.47. The zero-order valence-electron chi connectivity index (χ0n) is 9.58. The molecule has 2 aliphatic carbocycles. The van der Waals surface area contributed by atoms with E-state index in [4.69, 9.17) is 0 Å². The third-order valence-corrected chi connectivity index (χ3v) is 4.07. The fourth-order valence-corrected chi connectivity index (χ4v) is 3.28. The maximum atomic E-state index is 9.62. The molecule has 1 heterocycles. The molecular weight excluding hydrogens is 198 g/mol. The summed E-state index contributed by atoms with van der Waals surface area (Å²) in [4.78, 5) is 0. The summed E-state index contributed by atoms with van der Waals surface area (Å²) in [5, 5.41) is 13.4. The smallest absolute Gasteiger partial charge is 0.0685 e. The molecule has 1 saturated carbocycles. The van der Waals surface area contributed by atoms with E-state index in [1.807, 2.05) is 0 Å². The number of fused-ring (bicyclic) bond motifs is 2. The van der Waals surface area contributed by atoms with Crippen molar-refractivity contribution in [2.75, 3.05) is 6.61 Å². The molecule has 86 valence electrons. The lowest BCUT2D eigenvalue weighted by atomic mass is 9.77. The summed E-state index contributed by atoms with van der Waals surface area (Å²) < 4.78 is 0. The van der Waals surface area contributed by atoms with Crippen molar-refractivity contribution in [3.05, 3.63) is 34.9 Å². The molecule has 0 saturated heterocycles. The summed E-state index contributed by atoms with van der Waals surface area (Å²) in [5.41, 5.74) is 4.04. The van der Waals surface area contributed by atoms with E-state index >= 15 is 0 Å². The first kappa shape index (κ1) is 10.3. The van der Waals surface area contributed by atoms with Crippen LogP contribution in [0.2, 0.25) is 0 Å². The van der Waals surface area contributed by atoms with Crippen LogP contribution in [0.25, 0.3) is 0 Å². The van der Waals surface area contributed by atoms with Gasteiger partial charge >= 0.3 is 0 Å². The standard InChI is InChI=1S/C14H19NO/c16-9-12-10-5-1-3-7-13(10)15-14-8-4-2-6-11(12)14/h1,3,5,13-16H,2,4,6-9H2. The molecule has 2 atom stereocenters. The van der Waals surface area contributed by atoms with E-state index in [1.165, 1.54) is 42.4 Å². The molecule has 16 heavy (non-hydrogen) atoms. The minimum Gasteiger partial charge on any atom is -0.392 e. The zero-order valence-corrected chi connectivity index (χ0v) is 9.58. The van der Waals surface area contributed by atoms with Gasteiger partial charge in [0.2, 0.25) is 0 Å². The van der Waals surface area contributed by atoms with Crippen LogP contribution in [-0.2, 0) is 0 Å². The van der Waals surface area contributed by atoms with E-state index in [2.05, 4.69) is 23.5 Å². The highest BCUT2D eigenvalue weighted by atomic mass is 16.3. The predicted octanol–water partition coefficient (Wildman–Crippen LogP) is 2.08. The highest BCUT2D eigenvalue weighted by Crippen LogP contribution is 2.36. The second-order valence-electron chi connectivity index (χ2n) is 4.97. The van der Waals surface area contributed by atoms with Crippen molar-refractivity contribution in [3.63, 3.8) is 0 Å². The monoisotopic (exact) mass is 217 g/mol. The molecule has 1 fully saturated rings. The quantitative estimate of drug-likeness (QED) is 0.705. The van der Waals surface area contributed by atoms with Gasteiger partial charge in [0.15, 0.2) is 0 Å². The van der Waals surface area contributed by atoms with E-state index in [0.29, 0.717) is 12.1 Å². The molecule has 0 bridgehead atoms. The average Bonchev–Trinajstić information content (AvgIpc) is 2.36. The number of allylic oxidation sites excluding steroid dienone is 2. The van der Waals surface area contributed by atoms with Gasteiger partial charge in [0.05, 0.1) is 6.61 Å². The van der Waals surface area contributed by atoms with Crippen molar-refractivity contribution < 1.29 is 5.11 Å². The molecule has 0 radical (unpaired) electrons. The molecule has 0 spiro atoms. The van der Waals surface area contributed by atoms with Gasteiger partial charge in [-0.05, 0) is 42.4 Å². The largest absolute Gasteiger partial charge is 0.392 e. The molecule has 0 aromatic heterocycles. The molecule has 2 N–H and O–H groups in total. The number of rotatable bonds is 1. The summed E-state index contributed by atoms with van der Waals surface area (Å²) in [6.07, 6.45) is 12.6. The van der Waals surface area contributed by atoms with Crippen LogP contribution in [-0.4, -0.2) is 23.8 Å². The van der Waals surface area contributed by atoms with Gasteiger partial charge in [-0.25, -0.2) is 0 Å². The fourth-order valence-electron chi connectivity index (χ4n) is 3.28. The Morgan fingerprint density at radius 3 is 3.12 bits per heavy atom. The van der Waals surface area contributed by atoms with Gasteiger partial charge in [0, 0.05) is 12.1 Å². The molecule has 2 heteroatoms. The topological polar surface area (TPSA) is 32.3 Å². The minimum absolute atomic E-state index is 0.212. The van der Waals surface area contributed by atoms with E-state index in [1.54, 1.807) is 0 Å². The molecule has 0 aromatic carbocycles. The Morgan fingerprint density at radius 1 is 1.31 bits per heavy atom. The number of aliphatic hydroxyl groups excluding tert-OH is 1. The summed E-state index contributed by atoms with van der Waals surface area (Å²) in [5.74, 6) is 0. The Hall–Kier alpha value is -0.860. The highest BCUT2D eigenvalue weighted by Gasteiger charge is 2.32. The van der Waals surface area contributed by atoms with Crippen LogP contribution in [0.1, 0.15) is 32.1 Å². The van der Waals surface area contributed by atoms with Crippen molar-refractivity contribution in [3.8, 4) is 0 Å². The van der Waals surface area contributed by atoms with E-state index in [9.17, 15) is 5.11 Å².